The molecule has 0 unspecified atom stereocenters. The smallest absolute Gasteiger partial charge is 0.127 e. The molecule has 0 bridgehead atoms. The summed E-state index contributed by atoms with van der Waals surface area (Å²) in [5.74, 6) is 0. The topological polar surface area (TPSA) is 25.8 Å². The molecule has 0 N–H and O–H groups in total. The second kappa shape index (κ2) is 2.64. The van der Waals surface area contributed by atoms with Gasteiger partial charge in [0, 0.05) is 16.5 Å². The lowest BCUT2D eigenvalue weighted by Gasteiger charge is -2.03. The van der Waals surface area contributed by atoms with Gasteiger partial charge in [0.05, 0.1) is 0 Å². The third kappa shape index (κ3) is 1.00. The summed E-state index contributed by atoms with van der Waals surface area (Å²) in [6, 6.07) is 0. The van der Waals surface area contributed by atoms with Gasteiger partial charge in [-0.2, -0.15) is 0 Å². The van der Waals surface area contributed by atoms with Gasteiger partial charge < -0.3 is 0 Å². The van der Waals surface area contributed by atoms with E-state index in [0.717, 1.165) is 17.7 Å². The van der Waals surface area contributed by atoms with Crippen LogP contribution in [-0.4, -0.2) is 9.97 Å². The van der Waals surface area contributed by atoms with Crippen molar-refractivity contribution in [2.75, 3.05) is 0 Å². The Hall–Kier alpha value is -1.22. The number of rotatable bonds is 0. The van der Waals surface area contributed by atoms with Gasteiger partial charge in [0.25, 0.3) is 0 Å². The number of thiophene rings is 1. The molecule has 13 heavy (non-hydrogen) atoms. The number of fused-ring (bicyclic) bond motifs is 3. The molecular weight excluding hydrogens is 180 g/mol. The Morgan fingerprint density at radius 2 is 2.38 bits per heavy atom. The molecular formula is C10H8N2S. The van der Waals surface area contributed by atoms with Gasteiger partial charge in [-0.3, -0.25) is 0 Å². The minimum Gasteiger partial charge on any atom is -0.244 e. The normalized spacial score (nSPS) is 14.8. The van der Waals surface area contributed by atoms with Gasteiger partial charge in [-0.15, -0.1) is 11.3 Å². The van der Waals surface area contributed by atoms with E-state index in [1.807, 2.05) is 6.20 Å². The molecule has 0 spiro atoms. The Morgan fingerprint density at radius 3 is 3.38 bits per heavy atom. The number of aryl methyl sites for hydroxylation is 1. The molecule has 0 atom stereocenters. The van der Waals surface area contributed by atoms with E-state index in [1.165, 1.54) is 15.8 Å². The van der Waals surface area contributed by atoms with Crippen LogP contribution in [0.3, 0.4) is 0 Å². The average Bonchev–Trinajstić information content (AvgIpc) is 2.56. The highest BCUT2D eigenvalue weighted by Gasteiger charge is 2.12. The van der Waals surface area contributed by atoms with Crippen molar-refractivity contribution in [3.8, 4) is 0 Å². The molecule has 2 nitrogen and oxygen atoms in total. The molecule has 0 amide bonds. The minimum absolute atomic E-state index is 1.12. The molecule has 2 heterocycles. The molecule has 0 radical (unpaired) electrons. The fraction of sp³-hybridized carbons (Fsp3) is 0.200. The predicted molar refractivity (Wildman–Crippen MR) is 54.8 cm³/mol. The van der Waals surface area contributed by atoms with Gasteiger partial charge >= 0.3 is 0 Å². The van der Waals surface area contributed by atoms with Gasteiger partial charge in [0.1, 0.15) is 11.2 Å². The van der Waals surface area contributed by atoms with E-state index in [1.54, 1.807) is 17.7 Å². The maximum absolute atomic E-state index is 4.26. The van der Waals surface area contributed by atoms with Crippen molar-refractivity contribution in [3.05, 3.63) is 29.0 Å². The zero-order chi connectivity index (χ0) is 8.67. The number of aromatic nitrogens is 2. The summed E-state index contributed by atoms with van der Waals surface area (Å²) in [4.78, 5) is 10.8. The highest BCUT2D eigenvalue weighted by Crippen LogP contribution is 2.33. The van der Waals surface area contributed by atoms with Crippen LogP contribution in [0.1, 0.15) is 16.9 Å². The summed E-state index contributed by atoms with van der Waals surface area (Å²) < 4.78 is 0. The fourth-order valence-corrected chi connectivity index (χ4v) is 2.81. The first kappa shape index (κ1) is 7.21. The maximum Gasteiger partial charge on any atom is 0.127 e. The molecule has 3 heteroatoms. The molecule has 2 aromatic heterocycles. The molecule has 0 saturated carbocycles. The molecule has 64 valence electrons. The van der Waals surface area contributed by atoms with Crippen molar-refractivity contribution in [3.63, 3.8) is 0 Å². The first-order valence-electron chi connectivity index (χ1n) is 4.33. The second-order valence-corrected chi connectivity index (χ2v) is 4.16. The van der Waals surface area contributed by atoms with Crippen molar-refractivity contribution < 1.29 is 0 Å². The molecule has 0 aromatic carbocycles. The molecule has 2 aromatic rings. The highest BCUT2D eigenvalue weighted by atomic mass is 32.1. The van der Waals surface area contributed by atoms with Gasteiger partial charge in [0.15, 0.2) is 0 Å². The van der Waals surface area contributed by atoms with Crippen LogP contribution < -0.4 is 0 Å². The molecule has 0 fully saturated rings. The molecule has 1 aliphatic rings. The third-order valence-electron chi connectivity index (χ3n) is 2.34. The van der Waals surface area contributed by atoms with E-state index in [2.05, 4.69) is 22.1 Å². The van der Waals surface area contributed by atoms with Crippen LogP contribution in [0.15, 0.2) is 18.6 Å². The summed E-state index contributed by atoms with van der Waals surface area (Å²) in [6.45, 7) is 0. The summed E-state index contributed by atoms with van der Waals surface area (Å²) in [5.41, 5.74) is 1.43. The van der Waals surface area contributed by atoms with Crippen LogP contribution in [-0.2, 0) is 6.42 Å². The average molecular weight is 188 g/mol. The van der Waals surface area contributed by atoms with Crippen molar-refractivity contribution in [2.45, 2.75) is 12.8 Å². The van der Waals surface area contributed by atoms with Gasteiger partial charge in [-0.25, -0.2) is 9.97 Å². The van der Waals surface area contributed by atoms with E-state index >= 15 is 0 Å². The third-order valence-corrected chi connectivity index (χ3v) is 3.46. The van der Waals surface area contributed by atoms with Crippen LogP contribution in [0.5, 0.6) is 0 Å². The Morgan fingerprint density at radius 1 is 1.38 bits per heavy atom. The van der Waals surface area contributed by atoms with Crippen molar-refractivity contribution in [1.29, 1.82) is 0 Å². The molecule has 3 rings (SSSR count). The Labute approximate surface area is 80.0 Å². The summed E-state index contributed by atoms with van der Waals surface area (Å²) in [6.07, 6.45) is 10.3. The maximum atomic E-state index is 4.26. The van der Waals surface area contributed by atoms with Crippen molar-refractivity contribution in [2.24, 2.45) is 0 Å². The SMILES string of the molecule is C1=Cc2sc3ncncc3c2CC1. The number of nitrogens with zero attached hydrogens (tertiary/aromatic N) is 2. The first-order chi connectivity index (χ1) is 6.45. The predicted octanol–water partition coefficient (Wildman–Crippen LogP) is 2.65. The van der Waals surface area contributed by atoms with Crippen LogP contribution >= 0.6 is 11.3 Å². The monoisotopic (exact) mass is 188 g/mol. The lowest BCUT2D eigenvalue weighted by atomic mass is 10.0. The Kier molecular flexibility index (Phi) is 1.46. The fourth-order valence-electron chi connectivity index (χ4n) is 1.72. The summed E-state index contributed by atoms with van der Waals surface area (Å²) in [5, 5.41) is 1.24. The van der Waals surface area contributed by atoms with Crippen molar-refractivity contribution in [1.82, 2.24) is 9.97 Å². The van der Waals surface area contributed by atoms with Crippen LogP contribution in [0.2, 0.25) is 0 Å². The van der Waals surface area contributed by atoms with Crippen LogP contribution in [0, 0.1) is 0 Å². The summed E-state index contributed by atoms with van der Waals surface area (Å²) >= 11 is 1.76. The van der Waals surface area contributed by atoms with E-state index in [0.29, 0.717) is 0 Å². The van der Waals surface area contributed by atoms with Gasteiger partial charge in [-0.1, -0.05) is 6.08 Å². The van der Waals surface area contributed by atoms with E-state index in [4.69, 9.17) is 0 Å². The highest BCUT2D eigenvalue weighted by molar-refractivity contribution is 7.19. The number of hydrogen-bond donors (Lipinski definition) is 0. The number of allylic oxidation sites excluding steroid dienone is 1. The number of hydrogen-bond acceptors (Lipinski definition) is 3. The minimum atomic E-state index is 1.12. The standard InChI is InChI=1S/C10H8N2S/c1-2-4-9-7(3-1)8-5-11-6-12-10(8)13-9/h2,4-6H,1,3H2. The van der Waals surface area contributed by atoms with E-state index < -0.39 is 0 Å². The molecule has 0 aliphatic heterocycles. The second-order valence-electron chi connectivity index (χ2n) is 3.13. The molecule has 0 saturated heterocycles. The van der Waals surface area contributed by atoms with E-state index in [-0.39, 0.29) is 0 Å². The zero-order valence-corrected chi connectivity index (χ0v) is 7.84. The molecule has 1 aliphatic carbocycles. The van der Waals surface area contributed by atoms with Crippen LogP contribution in [0.4, 0.5) is 0 Å². The largest absolute Gasteiger partial charge is 0.244 e. The van der Waals surface area contributed by atoms with Gasteiger partial charge in [-0.05, 0) is 24.5 Å². The quantitative estimate of drug-likeness (QED) is 0.635. The van der Waals surface area contributed by atoms with Gasteiger partial charge in [0.2, 0.25) is 0 Å². The first-order valence-corrected chi connectivity index (χ1v) is 5.15. The Bertz CT molecular complexity index is 485. The van der Waals surface area contributed by atoms with Crippen molar-refractivity contribution >= 4 is 27.6 Å². The lowest BCUT2D eigenvalue weighted by Crippen LogP contribution is -1.89. The van der Waals surface area contributed by atoms with Crippen LogP contribution in [0.25, 0.3) is 16.3 Å². The summed E-state index contributed by atoms with van der Waals surface area (Å²) in [7, 11) is 0. The Balaban J connectivity index is 2.41. The van der Waals surface area contributed by atoms with E-state index in [9.17, 15) is 0 Å². The lowest BCUT2D eigenvalue weighted by molar-refractivity contribution is 1.00. The zero-order valence-electron chi connectivity index (χ0n) is 7.03.